The van der Waals surface area contributed by atoms with Gasteiger partial charge in [-0.3, -0.25) is 0 Å². The Balaban J connectivity index is -0.000000283. The number of unbranched alkanes of at least 4 members (excludes halogenated alkanes) is 20. The molecule has 0 aromatic carbocycles. The Morgan fingerprint density at radius 1 is 0.333 bits per heavy atom. The van der Waals surface area contributed by atoms with Crippen LogP contribution in [0.25, 0.3) is 0 Å². The first-order valence-electron chi connectivity index (χ1n) is 20.9. The van der Waals surface area contributed by atoms with E-state index in [0.717, 1.165) is 0 Å². The molecule has 2 nitrogen and oxygen atoms in total. The van der Waals surface area contributed by atoms with Gasteiger partial charge in [-0.15, -0.1) is 15.8 Å². The molecule has 0 N–H and O–H groups in total. The van der Waals surface area contributed by atoms with Gasteiger partial charge in [-0.05, 0) is 69.1 Å². The van der Waals surface area contributed by atoms with Crippen molar-refractivity contribution in [3.63, 3.8) is 0 Å². The first-order chi connectivity index (χ1) is 25.1. The fourth-order valence-corrected chi connectivity index (χ4v) is 11.1. The molecule has 0 heterocycles. The minimum Gasteiger partial charge on any atom is -0.418 e. The van der Waals surface area contributed by atoms with Gasteiger partial charge >= 0.3 is 34.9 Å². The van der Waals surface area contributed by atoms with Crippen molar-refractivity contribution in [3.8, 4) is 12.1 Å². The summed E-state index contributed by atoms with van der Waals surface area (Å²) in [6, 6.07) is 3.50. The topological polar surface area (TPSA) is 47.6 Å². The zero-order valence-corrected chi connectivity index (χ0v) is 38.5. The maximum Gasteiger partial charge on any atom is 2.00 e. The monoisotopic (exact) mass is 918 g/mol. The van der Waals surface area contributed by atoms with Crippen molar-refractivity contribution < 1.29 is 54.9 Å². The van der Waals surface area contributed by atoms with Crippen LogP contribution in [0.1, 0.15) is 202 Å². The summed E-state index contributed by atoms with van der Waals surface area (Å²) in [5.74, 6) is 0. The molecule has 0 amide bonds. The van der Waals surface area contributed by atoms with E-state index < -0.39 is 14.5 Å². The molecule has 0 saturated heterocycles. The Morgan fingerprint density at radius 3 is 0.630 bits per heavy atom. The Hall–Kier alpha value is 0.0722. The predicted octanol–water partition coefficient (Wildman–Crippen LogP) is 17.4. The fraction of sp³-hybridized carbons (Fsp3) is 0.949. The summed E-state index contributed by atoms with van der Waals surface area (Å²) in [6.07, 6.45) is 46.6. The van der Waals surface area contributed by atoms with Crippen molar-refractivity contribution in [2.75, 3.05) is 37.0 Å². The van der Waals surface area contributed by atoms with E-state index in [-0.39, 0.29) is 20.4 Å². The second-order valence-corrected chi connectivity index (χ2v) is 18.9. The quantitative estimate of drug-likeness (QED) is 0.0292. The Morgan fingerprint density at radius 2 is 0.463 bits per heavy atom. The summed E-state index contributed by atoms with van der Waals surface area (Å²) in [4.78, 5) is 0. The summed E-state index contributed by atoms with van der Waals surface area (Å²) in [6.45, 7) is 12.2. The minimum absolute atomic E-state index is 0. The van der Waals surface area contributed by atoms with Gasteiger partial charge in [-0.25, -0.2) is 0 Å². The Kier molecular flexibility index (Phi) is 67.3. The summed E-state index contributed by atoms with van der Waals surface area (Å²) in [5, 5.41) is 14.6. The van der Waals surface area contributed by atoms with Gasteiger partial charge < -0.3 is 34.5 Å². The van der Waals surface area contributed by atoms with Gasteiger partial charge in [0, 0.05) is 13.8 Å². The van der Waals surface area contributed by atoms with Gasteiger partial charge in [0.25, 0.3) is 0 Å². The van der Waals surface area contributed by atoms with Crippen LogP contribution in [0.4, 0.5) is 34.5 Å². The molecule has 0 aliphatic heterocycles. The minimum atomic E-state index is -6.00. The van der Waals surface area contributed by atoms with Crippen molar-refractivity contribution in [2.24, 2.45) is 0 Å². The molecule has 0 fully saturated rings. The van der Waals surface area contributed by atoms with E-state index in [1.807, 2.05) is 0 Å². The molecule has 0 aliphatic carbocycles. The van der Waals surface area contributed by atoms with Crippen LogP contribution >= 0.6 is 15.8 Å². The number of nitrogens with zero attached hydrogens (tertiary/aromatic N) is 2. The van der Waals surface area contributed by atoms with E-state index in [2.05, 4.69) is 27.7 Å². The molecule has 54 heavy (non-hydrogen) atoms. The summed E-state index contributed by atoms with van der Waals surface area (Å²) < 4.78 is 78.0. The summed E-state index contributed by atoms with van der Waals surface area (Å²) in [5.41, 5.74) is 0. The average Bonchev–Trinajstić information content (AvgIpc) is 3.06. The van der Waals surface area contributed by atoms with Crippen LogP contribution in [0.15, 0.2) is 0 Å². The molecule has 0 spiro atoms. The molecule has 0 radical (unpaired) electrons. The predicted molar refractivity (Wildman–Crippen MR) is 224 cm³/mol. The van der Waals surface area contributed by atoms with E-state index in [9.17, 15) is 34.5 Å². The molecule has 0 bridgehead atoms. The van der Waals surface area contributed by atoms with Crippen LogP contribution in [0.5, 0.6) is 0 Å². The van der Waals surface area contributed by atoms with Gasteiger partial charge in [0.1, 0.15) is 0 Å². The third kappa shape index (κ3) is 93.7. The molecule has 0 atom stereocenters. The Bertz CT molecular complexity index is 656. The van der Waals surface area contributed by atoms with Crippen LogP contribution in [-0.2, 0) is 20.4 Å². The van der Waals surface area contributed by atoms with Crippen molar-refractivity contribution in [1.82, 2.24) is 0 Å². The molecule has 0 unspecified atom stereocenters. The molecule has 0 rings (SSSR count). The third-order valence-electron chi connectivity index (χ3n) is 8.26. The van der Waals surface area contributed by atoms with E-state index >= 15 is 0 Å². The van der Waals surface area contributed by atoms with Crippen molar-refractivity contribution in [3.05, 3.63) is 0 Å². The standard InChI is InChI=1S/C35H74P2.2C2H3N.2BF4.Pd/c1-5-9-13-17-21-25-30-36(31-26-22-18-14-10-6-2)34-29-35-37(32-27-23-19-15-11-7-3)33-28-24-20-16-12-8-4;2*1-2-3;2*2-1(3,4)5;/h5-35H2,1-4H3;2*1H3;;;/q;;;2*-1;+2. The molecular weight excluding hydrogens is 838 g/mol. The van der Waals surface area contributed by atoms with Gasteiger partial charge in [0.15, 0.2) is 0 Å². The van der Waals surface area contributed by atoms with Crippen LogP contribution in [0.2, 0.25) is 0 Å². The maximum atomic E-state index is 9.75. The van der Waals surface area contributed by atoms with E-state index in [4.69, 9.17) is 10.5 Å². The van der Waals surface area contributed by atoms with Crippen molar-refractivity contribution in [1.29, 1.82) is 10.5 Å². The van der Waals surface area contributed by atoms with Crippen LogP contribution in [-0.4, -0.2) is 51.5 Å². The van der Waals surface area contributed by atoms with Crippen LogP contribution < -0.4 is 0 Å². The van der Waals surface area contributed by atoms with Gasteiger partial charge in [-0.2, -0.15) is 10.5 Å². The zero-order valence-electron chi connectivity index (χ0n) is 35.2. The van der Waals surface area contributed by atoms with Crippen LogP contribution in [0.3, 0.4) is 0 Å². The Labute approximate surface area is 345 Å². The number of hydrogen-bond acceptors (Lipinski definition) is 2. The molecule has 0 saturated carbocycles. The molecule has 15 heteroatoms. The first-order valence-corrected chi connectivity index (χ1v) is 24.7. The average molecular weight is 919 g/mol. The molecule has 0 aromatic rings. The van der Waals surface area contributed by atoms with Crippen molar-refractivity contribution >= 4 is 30.4 Å². The maximum absolute atomic E-state index is 9.75. The molecular formula is C39H80B2F8N2P2Pd. The van der Waals surface area contributed by atoms with E-state index in [1.54, 1.807) is 55.5 Å². The SMILES string of the molecule is CC#N.CC#N.CCCCCCCCP(CCCCCCCC)CCCP(CCCCCCCC)CCCCCCCC.F[B-](F)(F)F.F[B-](F)(F)F.[Pd+2]. The van der Waals surface area contributed by atoms with E-state index in [0.29, 0.717) is 15.8 Å². The summed E-state index contributed by atoms with van der Waals surface area (Å²) >= 11 is 0. The van der Waals surface area contributed by atoms with Crippen LogP contribution in [0, 0.1) is 22.7 Å². The van der Waals surface area contributed by atoms with E-state index in [1.165, 1.54) is 168 Å². The third-order valence-corrected chi connectivity index (χ3v) is 14.0. The van der Waals surface area contributed by atoms with Crippen molar-refractivity contribution in [2.45, 2.75) is 202 Å². The first kappa shape index (κ1) is 65.9. The zero-order chi connectivity index (χ0) is 41.5. The van der Waals surface area contributed by atoms with Gasteiger partial charge in [0.05, 0.1) is 12.1 Å². The fourth-order valence-electron chi connectivity index (χ4n) is 5.65. The van der Waals surface area contributed by atoms with Gasteiger partial charge in [-0.1, -0.05) is 156 Å². The second kappa shape index (κ2) is 55.2. The smallest absolute Gasteiger partial charge is 0.418 e. The summed E-state index contributed by atoms with van der Waals surface area (Å²) in [7, 11) is -11.4. The second-order valence-electron chi connectivity index (χ2n) is 13.5. The largest absolute Gasteiger partial charge is 2.00 e. The molecule has 0 aromatic heterocycles. The molecule has 0 aliphatic rings. The number of nitriles is 2. The van der Waals surface area contributed by atoms with Gasteiger partial charge in [0.2, 0.25) is 0 Å². The number of rotatable bonds is 32. The molecule has 328 valence electrons. The number of halogens is 8. The number of hydrogen-bond donors (Lipinski definition) is 0. The normalized spacial score (nSPS) is 10.6.